The van der Waals surface area contributed by atoms with Crippen LogP contribution in [-0.4, -0.2) is 26.9 Å². The molecule has 2 N–H and O–H groups in total. The molecule has 20 heavy (non-hydrogen) atoms. The summed E-state index contributed by atoms with van der Waals surface area (Å²) >= 11 is 0. The summed E-state index contributed by atoms with van der Waals surface area (Å²) in [5.41, 5.74) is 7.62. The number of nitrogens with two attached hydrogens (primary N) is 1. The molecule has 0 aliphatic heterocycles. The fraction of sp³-hybridized carbons (Fsp3) is 0.154. The topological polar surface area (TPSA) is 78.8 Å². The Bertz CT molecular complexity index is 799. The van der Waals surface area contributed by atoms with Crippen LogP contribution in [0.5, 0.6) is 5.75 Å². The lowest BCUT2D eigenvalue weighted by molar-refractivity contribution is 0.386. The van der Waals surface area contributed by atoms with E-state index in [4.69, 9.17) is 10.5 Å². The van der Waals surface area contributed by atoms with Crippen LogP contribution in [0, 0.1) is 5.82 Å². The van der Waals surface area contributed by atoms with Crippen molar-refractivity contribution in [1.29, 1.82) is 0 Å². The van der Waals surface area contributed by atoms with Gasteiger partial charge in [0.2, 0.25) is 0 Å². The zero-order chi connectivity index (χ0) is 14.3. The van der Waals surface area contributed by atoms with Crippen molar-refractivity contribution in [1.82, 2.24) is 19.7 Å². The molecule has 2 heterocycles. The summed E-state index contributed by atoms with van der Waals surface area (Å²) in [6.45, 7) is 0. The van der Waals surface area contributed by atoms with E-state index < -0.39 is 5.82 Å². The van der Waals surface area contributed by atoms with Crippen molar-refractivity contribution in [2.45, 2.75) is 0 Å². The van der Waals surface area contributed by atoms with Gasteiger partial charge in [0.25, 0.3) is 0 Å². The van der Waals surface area contributed by atoms with E-state index in [2.05, 4.69) is 15.1 Å². The number of hydrogen-bond acceptors (Lipinski definition) is 5. The molecule has 0 unspecified atom stereocenters. The molecule has 3 aromatic rings. The maximum Gasteiger partial charge on any atom is 0.165 e. The van der Waals surface area contributed by atoms with Crippen LogP contribution in [0.1, 0.15) is 0 Å². The fourth-order valence-corrected chi connectivity index (χ4v) is 2.13. The summed E-state index contributed by atoms with van der Waals surface area (Å²) in [5.74, 6) is 0.0340. The summed E-state index contributed by atoms with van der Waals surface area (Å²) in [6.07, 6.45) is 1.37. The van der Waals surface area contributed by atoms with Crippen LogP contribution in [0.4, 0.5) is 10.2 Å². The molecule has 0 saturated carbocycles. The third-order valence-corrected chi connectivity index (χ3v) is 3.08. The van der Waals surface area contributed by atoms with Gasteiger partial charge in [-0.2, -0.15) is 5.10 Å². The van der Waals surface area contributed by atoms with Crippen molar-refractivity contribution < 1.29 is 9.13 Å². The third-order valence-electron chi connectivity index (χ3n) is 3.08. The van der Waals surface area contributed by atoms with E-state index in [1.165, 1.54) is 19.5 Å². The monoisotopic (exact) mass is 273 g/mol. The Morgan fingerprint density at radius 2 is 2.10 bits per heavy atom. The van der Waals surface area contributed by atoms with Crippen molar-refractivity contribution in [2.75, 3.05) is 12.8 Å². The molecule has 0 radical (unpaired) electrons. The summed E-state index contributed by atoms with van der Waals surface area (Å²) in [7, 11) is 3.16. The first-order chi connectivity index (χ1) is 9.61. The van der Waals surface area contributed by atoms with Crippen molar-refractivity contribution in [3.63, 3.8) is 0 Å². The average Bonchev–Trinajstić information content (AvgIpc) is 2.78. The molecule has 0 aliphatic rings. The minimum atomic E-state index is -0.459. The molecular weight excluding hydrogens is 261 g/mol. The van der Waals surface area contributed by atoms with E-state index in [-0.39, 0.29) is 5.75 Å². The van der Waals surface area contributed by atoms with Gasteiger partial charge in [-0.25, -0.2) is 19.0 Å². The molecule has 6 nitrogen and oxygen atoms in total. The normalized spacial score (nSPS) is 10.9. The first-order valence-electron chi connectivity index (χ1n) is 5.89. The van der Waals surface area contributed by atoms with E-state index in [0.29, 0.717) is 28.1 Å². The molecule has 0 amide bonds. The minimum Gasteiger partial charge on any atom is -0.494 e. The van der Waals surface area contributed by atoms with Crippen molar-refractivity contribution >= 4 is 16.9 Å². The molecule has 3 rings (SSSR count). The Kier molecular flexibility index (Phi) is 2.74. The molecule has 0 fully saturated rings. The molecule has 0 aliphatic carbocycles. The Balaban J connectivity index is 2.27. The van der Waals surface area contributed by atoms with E-state index in [1.54, 1.807) is 23.9 Å². The number of halogens is 1. The predicted molar refractivity (Wildman–Crippen MR) is 72.7 cm³/mol. The molecule has 102 valence electrons. The largest absolute Gasteiger partial charge is 0.494 e. The maximum absolute atomic E-state index is 13.8. The van der Waals surface area contributed by atoms with E-state index in [0.717, 1.165) is 0 Å². The molecular formula is C13H12FN5O. The molecule has 0 atom stereocenters. The van der Waals surface area contributed by atoms with Crippen LogP contribution in [-0.2, 0) is 7.05 Å². The number of rotatable bonds is 2. The van der Waals surface area contributed by atoms with E-state index in [1.807, 2.05) is 0 Å². The standard InChI is InChI=1S/C13H12FN5O/c1-19-13-10(12(15)16-6-17-13)11(18-19)7-3-4-9(20-2)8(14)5-7/h3-6H,1-2H3,(H2,15,16,17). The molecule has 7 heteroatoms. The maximum atomic E-state index is 13.8. The van der Waals surface area contributed by atoms with Crippen molar-refractivity contribution in [3.05, 3.63) is 30.3 Å². The van der Waals surface area contributed by atoms with Gasteiger partial charge in [-0.05, 0) is 18.2 Å². The lowest BCUT2D eigenvalue weighted by Gasteiger charge is -2.04. The molecule has 0 spiro atoms. The average molecular weight is 273 g/mol. The highest BCUT2D eigenvalue weighted by atomic mass is 19.1. The quantitative estimate of drug-likeness (QED) is 0.769. The molecule has 0 saturated heterocycles. The molecule has 0 bridgehead atoms. The second kappa shape index (κ2) is 4.44. The Morgan fingerprint density at radius 3 is 2.80 bits per heavy atom. The zero-order valence-electron chi connectivity index (χ0n) is 11.0. The van der Waals surface area contributed by atoms with Crippen LogP contribution in [0.25, 0.3) is 22.3 Å². The van der Waals surface area contributed by atoms with E-state index >= 15 is 0 Å². The lowest BCUT2D eigenvalue weighted by Crippen LogP contribution is -1.95. The third kappa shape index (κ3) is 1.75. The summed E-state index contributed by atoms with van der Waals surface area (Å²) in [5, 5.41) is 4.95. The number of nitrogens with zero attached hydrogens (tertiary/aromatic N) is 4. The van der Waals surface area contributed by atoms with Gasteiger partial charge in [0.05, 0.1) is 12.5 Å². The first-order valence-corrected chi connectivity index (χ1v) is 5.89. The number of hydrogen-bond donors (Lipinski definition) is 1. The van der Waals surface area contributed by atoms with Gasteiger partial charge < -0.3 is 10.5 Å². The highest BCUT2D eigenvalue weighted by Gasteiger charge is 2.16. The van der Waals surface area contributed by atoms with Gasteiger partial charge in [0.15, 0.2) is 17.2 Å². The van der Waals surface area contributed by atoms with Gasteiger partial charge in [0, 0.05) is 12.6 Å². The summed E-state index contributed by atoms with van der Waals surface area (Å²) in [4.78, 5) is 8.09. The smallest absolute Gasteiger partial charge is 0.165 e. The fourth-order valence-electron chi connectivity index (χ4n) is 2.13. The Morgan fingerprint density at radius 1 is 1.30 bits per heavy atom. The van der Waals surface area contributed by atoms with Crippen LogP contribution < -0.4 is 10.5 Å². The van der Waals surface area contributed by atoms with Crippen LogP contribution >= 0.6 is 0 Å². The van der Waals surface area contributed by atoms with Crippen molar-refractivity contribution in [3.8, 4) is 17.0 Å². The highest BCUT2D eigenvalue weighted by Crippen LogP contribution is 2.31. The first kappa shape index (κ1) is 12.3. The predicted octanol–water partition coefficient (Wildman–Crippen LogP) is 1.76. The number of ether oxygens (including phenoxy) is 1. The summed E-state index contributed by atoms with van der Waals surface area (Å²) < 4.78 is 20.3. The second-order valence-electron chi connectivity index (χ2n) is 4.28. The molecule has 2 aromatic heterocycles. The van der Waals surface area contributed by atoms with Gasteiger partial charge >= 0.3 is 0 Å². The van der Waals surface area contributed by atoms with E-state index in [9.17, 15) is 4.39 Å². The van der Waals surface area contributed by atoms with Gasteiger partial charge in [0.1, 0.15) is 17.8 Å². The summed E-state index contributed by atoms with van der Waals surface area (Å²) in [6, 6.07) is 4.62. The SMILES string of the molecule is COc1ccc(-c2nn(C)c3ncnc(N)c23)cc1F. The number of benzene rings is 1. The Labute approximate surface area is 114 Å². The van der Waals surface area contributed by atoms with Crippen LogP contribution in [0.3, 0.4) is 0 Å². The van der Waals surface area contributed by atoms with Gasteiger partial charge in [-0.3, -0.25) is 0 Å². The number of aromatic nitrogens is 4. The van der Waals surface area contributed by atoms with Gasteiger partial charge in [-0.1, -0.05) is 0 Å². The highest BCUT2D eigenvalue weighted by molar-refractivity contribution is 5.98. The zero-order valence-corrected chi connectivity index (χ0v) is 11.0. The number of nitrogen functional groups attached to an aromatic ring is 1. The van der Waals surface area contributed by atoms with Crippen LogP contribution in [0.2, 0.25) is 0 Å². The number of anilines is 1. The lowest BCUT2D eigenvalue weighted by atomic mass is 10.1. The minimum absolute atomic E-state index is 0.179. The number of aryl methyl sites for hydroxylation is 1. The van der Waals surface area contributed by atoms with Crippen molar-refractivity contribution in [2.24, 2.45) is 7.05 Å². The van der Waals surface area contributed by atoms with Crippen LogP contribution in [0.15, 0.2) is 24.5 Å². The number of fused-ring (bicyclic) bond motifs is 1. The Hall–Kier alpha value is -2.70. The van der Waals surface area contributed by atoms with Gasteiger partial charge in [-0.15, -0.1) is 0 Å². The number of methoxy groups -OCH3 is 1. The molecule has 1 aromatic carbocycles. The second-order valence-corrected chi connectivity index (χ2v) is 4.28.